The largest absolute Gasteiger partial charge is 0.221 e. The first-order valence-electron chi connectivity index (χ1n) is 13.9. The maximum Gasteiger partial charge on any atom is 0.221 e. The van der Waals surface area contributed by atoms with Gasteiger partial charge in [0.15, 0.2) is 0 Å². The molecule has 0 unspecified atom stereocenters. The number of halogens is 1. The smallest absolute Gasteiger partial charge is 0.183 e. The van der Waals surface area contributed by atoms with Gasteiger partial charge >= 0.3 is 0 Å². The molecule has 218 valence electrons. The molecule has 0 aromatic heterocycles. The van der Waals surface area contributed by atoms with Crippen LogP contribution in [0.3, 0.4) is 0 Å². The summed E-state index contributed by atoms with van der Waals surface area (Å²) in [5.41, 5.74) is 0. The molecular weight excluding hydrogens is 592 g/mol. The second kappa shape index (κ2) is 35.4. The first-order chi connectivity index (χ1) is 16.3. The van der Waals surface area contributed by atoms with E-state index >= 15 is 0 Å². The molecule has 0 fully saturated rings. The van der Waals surface area contributed by atoms with Gasteiger partial charge in [-0.2, -0.15) is 14.0 Å². The van der Waals surface area contributed by atoms with Gasteiger partial charge in [-0.05, 0) is 81.6 Å². The third-order valence-corrected chi connectivity index (χ3v) is 11.4. The summed E-state index contributed by atoms with van der Waals surface area (Å²) in [6.45, 7) is 16.7. The Labute approximate surface area is 238 Å². The van der Waals surface area contributed by atoms with E-state index in [9.17, 15) is 14.0 Å². The van der Waals surface area contributed by atoms with Crippen LogP contribution in [0.15, 0.2) is 12.7 Å². The summed E-state index contributed by atoms with van der Waals surface area (Å²) in [7, 11) is -3.42. The van der Waals surface area contributed by atoms with Crippen LogP contribution >= 0.6 is 15.8 Å². The van der Waals surface area contributed by atoms with Crippen molar-refractivity contribution in [3.63, 3.8) is 0 Å². The van der Waals surface area contributed by atoms with Gasteiger partial charge in [0.25, 0.3) is 0 Å². The summed E-state index contributed by atoms with van der Waals surface area (Å²) in [5.74, 6) is 0. The van der Waals surface area contributed by atoms with Gasteiger partial charge in [-0.15, -0.1) is 22.4 Å². The first-order valence-corrected chi connectivity index (χ1v) is 18.9. The quantitative estimate of drug-likeness (QED) is 0.0776. The molecule has 0 atom stereocenters. The third kappa shape index (κ3) is 42.7. The van der Waals surface area contributed by atoms with E-state index in [0.717, 1.165) is 0 Å². The maximum atomic E-state index is 9.54. The Morgan fingerprint density at radius 2 is 0.800 bits per heavy atom. The molecule has 0 radical (unpaired) electrons. The van der Waals surface area contributed by atoms with E-state index in [1.807, 2.05) is 0 Å². The van der Waals surface area contributed by atoms with Crippen LogP contribution in [0, 0.1) is 10.2 Å². The Hall–Kier alpha value is 1.39. The normalized spacial score (nSPS) is 10.8. The van der Waals surface area contributed by atoms with Gasteiger partial charge in [0.1, 0.15) is 0 Å². The van der Waals surface area contributed by atoms with Crippen molar-refractivity contribution in [1.82, 2.24) is 0 Å². The number of hydrogen-bond donors (Lipinski definition) is 0. The topological polar surface area (TPSA) is 78.4 Å². The van der Waals surface area contributed by atoms with E-state index in [1.165, 1.54) is 83.1 Å². The van der Waals surface area contributed by atoms with Gasteiger partial charge in [-0.25, -0.2) is 0 Å². The Morgan fingerprint density at radius 1 is 0.571 bits per heavy atom. The molecule has 0 spiro atoms. The van der Waals surface area contributed by atoms with Gasteiger partial charge in [0.05, 0.1) is 14.5 Å². The molecular formula is C27H59ClO4P2Pd. The molecule has 35 heavy (non-hydrogen) atoms. The predicted molar refractivity (Wildman–Crippen MR) is 149 cm³/mol. The van der Waals surface area contributed by atoms with Gasteiger partial charge in [-0.1, -0.05) is 80.1 Å². The van der Waals surface area contributed by atoms with E-state index in [4.69, 9.17) is 0 Å². The third-order valence-electron chi connectivity index (χ3n) is 5.28. The molecule has 0 saturated heterocycles. The second-order valence-electron chi connectivity index (χ2n) is 8.75. The summed E-state index contributed by atoms with van der Waals surface area (Å²) >= 11 is 0. The van der Waals surface area contributed by atoms with Crippen LogP contribution < -0.4 is 14.0 Å². The van der Waals surface area contributed by atoms with Crippen molar-refractivity contribution >= 4 is 15.8 Å². The van der Waals surface area contributed by atoms with E-state index in [-0.39, 0.29) is 27.0 Å². The van der Waals surface area contributed by atoms with Gasteiger partial charge in [0, 0.05) is 20.4 Å². The molecule has 0 heterocycles. The van der Waals surface area contributed by atoms with E-state index in [0.29, 0.717) is 15.8 Å². The molecule has 8 heteroatoms. The van der Waals surface area contributed by atoms with Crippen LogP contribution in [0.5, 0.6) is 0 Å². The van der Waals surface area contributed by atoms with Gasteiger partial charge in [-0.3, -0.25) is 0 Å². The minimum atomic E-state index is -4.26. The van der Waals surface area contributed by atoms with E-state index in [2.05, 4.69) is 52.4 Å². The minimum absolute atomic E-state index is 0. The molecule has 0 bridgehead atoms. The SMILES string of the molecule is C=CCO[Cl+3]([O-])([O-])[O-].CCCCP(CCCC)CCCC.CCCCP(CCCC)CCCC.[Pd]. The van der Waals surface area contributed by atoms with Crippen LogP contribution in [-0.2, 0) is 24.7 Å². The molecule has 0 saturated carbocycles. The first kappa shape index (κ1) is 43.4. The fraction of sp³-hybridized carbons (Fsp3) is 0.926. The molecule has 0 N–H and O–H groups in total. The molecule has 0 aliphatic rings. The van der Waals surface area contributed by atoms with Gasteiger partial charge in [0.2, 0.25) is 6.61 Å². The summed E-state index contributed by atoms with van der Waals surface area (Å²) in [6.07, 6.45) is 27.6. The van der Waals surface area contributed by atoms with Crippen LogP contribution in [0.1, 0.15) is 119 Å². The van der Waals surface area contributed by atoms with Crippen molar-refractivity contribution in [2.24, 2.45) is 0 Å². The molecule has 0 rings (SSSR count). The Kier molecular flexibility index (Phi) is 43.9. The zero-order valence-electron chi connectivity index (χ0n) is 23.9. The number of hydrogen-bond acceptors (Lipinski definition) is 4. The van der Waals surface area contributed by atoms with Crippen molar-refractivity contribution in [2.75, 3.05) is 43.6 Å². The van der Waals surface area contributed by atoms with E-state index in [1.54, 1.807) is 37.0 Å². The number of rotatable bonds is 21. The Morgan fingerprint density at radius 3 is 0.914 bits per heavy atom. The maximum absolute atomic E-state index is 9.54. The zero-order chi connectivity index (χ0) is 26.5. The summed E-state index contributed by atoms with van der Waals surface area (Å²) < 4.78 is 32.3. The van der Waals surface area contributed by atoms with Crippen LogP contribution in [0.2, 0.25) is 0 Å². The molecule has 0 amide bonds. The Bertz CT molecular complexity index is 327. The standard InChI is InChI=1S/2C12H27P.C3H5ClO4.Pd/c2*1-4-7-10-13(11-8-5-2)12-9-6-3;1-2-3-8-4(5,6)7;/h2*4-12H2,1-3H3;2H,1,3H2;. The van der Waals surface area contributed by atoms with E-state index < -0.39 is 10.2 Å². The van der Waals surface area contributed by atoms with Crippen LogP contribution in [0.25, 0.3) is 0 Å². The Balaban J connectivity index is -0.000000209. The molecule has 0 aliphatic heterocycles. The summed E-state index contributed by atoms with van der Waals surface area (Å²) in [6, 6.07) is 0. The molecule has 0 aromatic carbocycles. The molecule has 0 aromatic rings. The van der Waals surface area contributed by atoms with Crippen molar-refractivity contribution in [3.8, 4) is 0 Å². The predicted octanol–water partition coefficient (Wildman–Crippen LogP) is 6.82. The monoisotopic (exact) mass is 650 g/mol. The summed E-state index contributed by atoms with van der Waals surface area (Å²) in [5, 5.41) is 0. The van der Waals surface area contributed by atoms with Crippen molar-refractivity contribution in [2.45, 2.75) is 119 Å². The second-order valence-corrected chi connectivity index (χ2v) is 15.1. The van der Waals surface area contributed by atoms with Crippen LogP contribution in [0.4, 0.5) is 0 Å². The van der Waals surface area contributed by atoms with Crippen molar-refractivity contribution < 1.29 is 48.9 Å². The minimum Gasteiger partial charge on any atom is -0.183 e. The van der Waals surface area contributed by atoms with Crippen molar-refractivity contribution in [3.05, 3.63) is 12.7 Å². The fourth-order valence-corrected chi connectivity index (χ4v) is 9.25. The fourth-order valence-electron chi connectivity index (χ4n) is 3.08. The van der Waals surface area contributed by atoms with Crippen molar-refractivity contribution in [1.29, 1.82) is 0 Å². The average molecular weight is 652 g/mol. The van der Waals surface area contributed by atoms with Crippen LogP contribution in [-0.4, -0.2) is 43.6 Å². The zero-order valence-corrected chi connectivity index (χ0v) is 28.0. The number of unbranched alkanes of at least 4 members (excludes halogenated alkanes) is 6. The molecule has 4 nitrogen and oxygen atoms in total. The summed E-state index contributed by atoms with van der Waals surface area (Å²) in [4.78, 5) is 0. The van der Waals surface area contributed by atoms with Gasteiger partial charge < -0.3 is 0 Å². The average Bonchev–Trinajstić information content (AvgIpc) is 2.82. The molecule has 0 aliphatic carbocycles.